The maximum atomic E-state index is 13.5. The van der Waals surface area contributed by atoms with Gasteiger partial charge in [0.15, 0.2) is 0 Å². The van der Waals surface area contributed by atoms with Crippen molar-refractivity contribution in [1.29, 1.82) is 0 Å². The second-order valence-corrected chi connectivity index (χ2v) is 6.01. The predicted octanol–water partition coefficient (Wildman–Crippen LogP) is 4.26. The Balaban J connectivity index is 2.10. The molecule has 2 aromatic carbocycles. The van der Waals surface area contributed by atoms with Crippen LogP contribution >= 0.6 is 0 Å². The second-order valence-electron chi connectivity index (χ2n) is 6.01. The number of aryl methyl sites for hydroxylation is 2. The minimum Gasteiger partial charge on any atom is -0.354 e. The highest BCUT2D eigenvalue weighted by Crippen LogP contribution is 2.30. The van der Waals surface area contributed by atoms with Crippen molar-refractivity contribution in [1.82, 2.24) is 9.88 Å². The molecule has 0 aliphatic carbocycles. The molecule has 0 unspecified atom stereocenters. The van der Waals surface area contributed by atoms with Gasteiger partial charge < -0.3 is 9.88 Å². The third-order valence-electron chi connectivity index (χ3n) is 4.11. The van der Waals surface area contributed by atoms with Crippen LogP contribution in [-0.4, -0.2) is 30.5 Å². The first-order valence-electron chi connectivity index (χ1n) is 7.40. The zero-order chi connectivity index (χ0) is 15.0. The van der Waals surface area contributed by atoms with Crippen LogP contribution in [0, 0.1) is 12.7 Å². The van der Waals surface area contributed by atoms with E-state index >= 15 is 0 Å². The SMILES string of the molecule is Cc1ccc2c([nH]c3ccc(F)cc32)c1CCCN(C)C. The Morgan fingerprint density at radius 3 is 2.67 bits per heavy atom. The van der Waals surface area contributed by atoms with Crippen molar-refractivity contribution >= 4 is 21.8 Å². The summed E-state index contributed by atoms with van der Waals surface area (Å²) in [5.74, 6) is -0.182. The third-order valence-corrected chi connectivity index (χ3v) is 4.11. The van der Waals surface area contributed by atoms with E-state index in [4.69, 9.17) is 0 Å². The van der Waals surface area contributed by atoms with E-state index in [0.29, 0.717) is 0 Å². The molecule has 0 saturated carbocycles. The quantitative estimate of drug-likeness (QED) is 0.758. The van der Waals surface area contributed by atoms with E-state index in [1.807, 2.05) is 6.07 Å². The number of hydrogen-bond donors (Lipinski definition) is 1. The van der Waals surface area contributed by atoms with Crippen molar-refractivity contribution in [2.45, 2.75) is 19.8 Å². The summed E-state index contributed by atoms with van der Waals surface area (Å²) < 4.78 is 13.5. The fraction of sp³-hybridized carbons (Fsp3) is 0.333. The summed E-state index contributed by atoms with van der Waals surface area (Å²) in [4.78, 5) is 5.68. The van der Waals surface area contributed by atoms with E-state index in [1.54, 1.807) is 6.07 Å². The Hall–Kier alpha value is -1.87. The van der Waals surface area contributed by atoms with Gasteiger partial charge in [-0.15, -0.1) is 0 Å². The van der Waals surface area contributed by atoms with Crippen molar-refractivity contribution in [3.8, 4) is 0 Å². The van der Waals surface area contributed by atoms with Crippen LogP contribution < -0.4 is 0 Å². The molecule has 3 aromatic rings. The molecule has 0 bridgehead atoms. The molecule has 0 aliphatic rings. The maximum absolute atomic E-state index is 13.5. The van der Waals surface area contributed by atoms with Crippen LogP contribution in [0.15, 0.2) is 30.3 Å². The van der Waals surface area contributed by atoms with Gasteiger partial charge in [0.25, 0.3) is 0 Å². The molecule has 0 fully saturated rings. The number of halogens is 1. The number of nitrogens with one attached hydrogen (secondary N) is 1. The zero-order valence-electron chi connectivity index (χ0n) is 12.8. The highest BCUT2D eigenvalue weighted by molar-refractivity contribution is 6.08. The highest BCUT2D eigenvalue weighted by atomic mass is 19.1. The topological polar surface area (TPSA) is 19.0 Å². The van der Waals surface area contributed by atoms with Crippen LogP contribution in [0.1, 0.15) is 17.5 Å². The van der Waals surface area contributed by atoms with Crippen molar-refractivity contribution in [2.75, 3.05) is 20.6 Å². The molecule has 0 spiro atoms. The van der Waals surface area contributed by atoms with Gasteiger partial charge >= 0.3 is 0 Å². The van der Waals surface area contributed by atoms with Crippen LogP contribution in [0.3, 0.4) is 0 Å². The lowest BCUT2D eigenvalue weighted by atomic mass is 10.00. The molecular formula is C18H21FN2. The minimum absolute atomic E-state index is 0.182. The standard InChI is InChI=1S/C18H21FN2/c1-12-6-8-15-16-11-13(19)7-9-17(16)20-18(15)14(12)5-4-10-21(2)3/h6-9,11,20H,4-5,10H2,1-3H3. The third kappa shape index (κ3) is 2.66. The van der Waals surface area contributed by atoms with Crippen LogP contribution in [-0.2, 0) is 6.42 Å². The molecule has 1 heterocycles. The average molecular weight is 284 g/mol. The van der Waals surface area contributed by atoms with Gasteiger partial charge in [-0.05, 0) is 69.7 Å². The van der Waals surface area contributed by atoms with Gasteiger partial charge in [-0.25, -0.2) is 4.39 Å². The molecule has 3 rings (SSSR count). The first-order valence-corrected chi connectivity index (χ1v) is 7.40. The predicted molar refractivity (Wildman–Crippen MR) is 87.4 cm³/mol. The van der Waals surface area contributed by atoms with Crippen molar-refractivity contribution in [3.63, 3.8) is 0 Å². The molecule has 0 amide bonds. The van der Waals surface area contributed by atoms with Gasteiger partial charge in [0.05, 0.1) is 0 Å². The lowest BCUT2D eigenvalue weighted by Gasteiger charge is -2.11. The Morgan fingerprint density at radius 1 is 1.10 bits per heavy atom. The second kappa shape index (κ2) is 5.49. The summed E-state index contributed by atoms with van der Waals surface area (Å²) in [6, 6.07) is 9.19. The van der Waals surface area contributed by atoms with E-state index in [1.165, 1.54) is 17.2 Å². The number of hydrogen-bond acceptors (Lipinski definition) is 1. The van der Waals surface area contributed by atoms with E-state index in [-0.39, 0.29) is 5.82 Å². The molecular weight excluding hydrogens is 263 g/mol. The van der Waals surface area contributed by atoms with Crippen molar-refractivity contribution in [3.05, 3.63) is 47.3 Å². The fourth-order valence-corrected chi connectivity index (χ4v) is 3.00. The number of nitrogens with zero attached hydrogens (tertiary/aromatic N) is 1. The molecule has 0 saturated heterocycles. The first-order chi connectivity index (χ1) is 10.1. The molecule has 1 aromatic heterocycles. The smallest absolute Gasteiger partial charge is 0.123 e. The lowest BCUT2D eigenvalue weighted by Crippen LogP contribution is -2.13. The Morgan fingerprint density at radius 2 is 1.90 bits per heavy atom. The van der Waals surface area contributed by atoms with E-state index in [0.717, 1.165) is 41.2 Å². The molecule has 3 heteroatoms. The minimum atomic E-state index is -0.182. The highest BCUT2D eigenvalue weighted by Gasteiger charge is 2.11. The summed E-state index contributed by atoms with van der Waals surface area (Å²) in [5.41, 5.74) is 4.82. The van der Waals surface area contributed by atoms with Gasteiger partial charge in [-0.1, -0.05) is 12.1 Å². The average Bonchev–Trinajstić information content (AvgIpc) is 2.79. The molecule has 0 aliphatic heterocycles. The van der Waals surface area contributed by atoms with Crippen LogP contribution in [0.25, 0.3) is 21.8 Å². The van der Waals surface area contributed by atoms with Gasteiger partial charge in [0.1, 0.15) is 5.82 Å². The normalized spacial score (nSPS) is 11.9. The summed E-state index contributed by atoms with van der Waals surface area (Å²) in [5, 5.41) is 2.09. The monoisotopic (exact) mass is 284 g/mol. The van der Waals surface area contributed by atoms with E-state index in [2.05, 4.69) is 43.0 Å². The summed E-state index contributed by atoms with van der Waals surface area (Å²) in [6.07, 6.45) is 2.16. The Kier molecular flexibility index (Phi) is 3.68. The first kappa shape index (κ1) is 14.1. The van der Waals surface area contributed by atoms with Crippen LogP contribution in [0.5, 0.6) is 0 Å². The fourth-order valence-electron chi connectivity index (χ4n) is 3.00. The molecule has 1 N–H and O–H groups in total. The van der Waals surface area contributed by atoms with Gasteiger partial charge in [-0.2, -0.15) is 0 Å². The molecule has 21 heavy (non-hydrogen) atoms. The lowest BCUT2D eigenvalue weighted by molar-refractivity contribution is 0.400. The number of aromatic nitrogens is 1. The van der Waals surface area contributed by atoms with Crippen LogP contribution in [0.2, 0.25) is 0 Å². The Labute approximate surface area is 124 Å². The number of rotatable bonds is 4. The van der Waals surface area contributed by atoms with E-state index < -0.39 is 0 Å². The maximum Gasteiger partial charge on any atom is 0.123 e. The number of fused-ring (bicyclic) bond motifs is 3. The summed E-state index contributed by atoms with van der Waals surface area (Å²) in [7, 11) is 4.19. The van der Waals surface area contributed by atoms with E-state index in [9.17, 15) is 4.39 Å². The number of benzene rings is 2. The molecule has 0 atom stereocenters. The zero-order valence-corrected chi connectivity index (χ0v) is 12.8. The van der Waals surface area contributed by atoms with Crippen molar-refractivity contribution < 1.29 is 4.39 Å². The summed E-state index contributed by atoms with van der Waals surface area (Å²) in [6.45, 7) is 3.22. The van der Waals surface area contributed by atoms with Crippen LogP contribution in [0.4, 0.5) is 4.39 Å². The summed E-state index contributed by atoms with van der Waals surface area (Å²) >= 11 is 0. The largest absolute Gasteiger partial charge is 0.354 e. The molecule has 0 radical (unpaired) electrons. The number of aromatic amines is 1. The van der Waals surface area contributed by atoms with Gasteiger partial charge in [0, 0.05) is 21.8 Å². The van der Waals surface area contributed by atoms with Gasteiger partial charge in [-0.3, -0.25) is 0 Å². The van der Waals surface area contributed by atoms with Crippen molar-refractivity contribution in [2.24, 2.45) is 0 Å². The Bertz CT molecular complexity index is 787. The number of H-pyrrole nitrogens is 1. The molecule has 2 nitrogen and oxygen atoms in total. The van der Waals surface area contributed by atoms with Gasteiger partial charge in [0.2, 0.25) is 0 Å². The molecule has 110 valence electrons.